The maximum absolute atomic E-state index is 13.2. The second-order valence-corrected chi connectivity index (χ2v) is 9.50. The Balaban J connectivity index is 1.52. The Morgan fingerprint density at radius 2 is 1.62 bits per heavy atom. The molecule has 40 heavy (non-hydrogen) atoms. The highest BCUT2D eigenvalue weighted by Crippen LogP contribution is 2.30. The van der Waals surface area contributed by atoms with E-state index in [1.54, 1.807) is 49.4 Å². The van der Waals surface area contributed by atoms with Crippen LogP contribution < -0.4 is 20.5 Å². The van der Waals surface area contributed by atoms with Crippen LogP contribution in [0.4, 0.5) is 0 Å². The molecular formula is C31H35N3O6. The van der Waals surface area contributed by atoms with Gasteiger partial charge in [-0.15, -0.1) is 0 Å². The fourth-order valence-corrected chi connectivity index (χ4v) is 4.35. The number of esters is 1. The first-order chi connectivity index (χ1) is 19.4. The molecule has 0 bridgehead atoms. The van der Waals surface area contributed by atoms with E-state index in [-0.39, 0.29) is 24.1 Å². The van der Waals surface area contributed by atoms with Crippen molar-refractivity contribution in [3.63, 3.8) is 0 Å². The molecule has 2 aliphatic rings. The van der Waals surface area contributed by atoms with Crippen LogP contribution in [0.2, 0.25) is 0 Å². The zero-order chi connectivity index (χ0) is 28.3. The van der Waals surface area contributed by atoms with Crippen molar-refractivity contribution in [2.24, 2.45) is 10.9 Å². The van der Waals surface area contributed by atoms with Gasteiger partial charge in [-0.2, -0.15) is 0 Å². The first kappa shape index (κ1) is 28.7. The fraction of sp³-hybridized carbons (Fsp3) is 0.355. The highest BCUT2D eigenvalue weighted by atomic mass is 16.6. The molecule has 3 N–H and O–H groups in total. The van der Waals surface area contributed by atoms with E-state index in [9.17, 15) is 9.59 Å². The van der Waals surface area contributed by atoms with Crippen LogP contribution in [-0.4, -0.2) is 49.1 Å². The van der Waals surface area contributed by atoms with Crippen molar-refractivity contribution in [3.05, 3.63) is 83.5 Å². The quantitative estimate of drug-likeness (QED) is 0.243. The maximum Gasteiger partial charge on any atom is 0.338 e. The van der Waals surface area contributed by atoms with Crippen molar-refractivity contribution in [2.75, 3.05) is 13.2 Å². The summed E-state index contributed by atoms with van der Waals surface area (Å²) in [6, 6.07) is 12.0. The molecule has 0 aliphatic heterocycles. The zero-order valence-corrected chi connectivity index (χ0v) is 22.8. The number of benzene rings is 2. The van der Waals surface area contributed by atoms with Crippen molar-refractivity contribution in [2.45, 2.75) is 57.7 Å². The van der Waals surface area contributed by atoms with Gasteiger partial charge in [0.15, 0.2) is 0 Å². The lowest BCUT2D eigenvalue weighted by molar-refractivity contribution is 0.0526. The van der Waals surface area contributed by atoms with Crippen molar-refractivity contribution in [1.82, 2.24) is 5.32 Å². The van der Waals surface area contributed by atoms with Gasteiger partial charge in [-0.3, -0.25) is 4.79 Å². The molecule has 9 nitrogen and oxygen atoms in total. The number of ether oxygens (including phenoxy) is 3. The third kappa shape index (κ3) is 8.33. The van der Waals surface area contributed by atoms with Gasteiger partial charge in [0.2, 0.25) is 0 Å². The molecule has 1 fully saturated rings. The molecular weight excluding hydrogens is 510 g/mol. The van der Waals surface area contributed by atoms with Crippen LogP contribution in [0.5, 0.6) is 17.2 Å². The summed E-state index contributed by atoms with van der Waals surface area (Å²) < 4.78 is 17.3. The summed E-state index contributed by atoms with van der Waals surface area (Å²) in [5.74, 6) is 3.58. The summed E-state index contributed by atoms with van der Waals surface area (Å²) in [5, 5.41) is 6.88. The normalized spacial score (nSPS) is 19.8. The minimum atomic E-state index is -0.400. The Labute approximate surface area is 234 Å². The average Bonchev–Trinajstić information content (AvgIpc) is 2.96. The summed E-state index contributed by atoms with van der Waals surface area (Å²) in [4.78, 5) is 30.2. The van der Waals surface area contributed by atoms with Crippen LogP contribution in [0.1, 0.15) is 60.2 Å². The highest BCUT2D eigenvalue weighted by molar-refractivity contribution is 5.95. The van der Waals surface area contributed by atoms with Gasteiger partial charge in [0.05, 0.1) is 12.2 Å². The SMILES string of the molecule is CCON=C=C1C=CC(Oc2cc(Oc3ccc(C(=O)OCC)cc3)cc(C(=O)NC3CCC(N)CC3)c2)C=C1. The number of hydrogen-bond donors (Lipinski definition) is 2. The Kier molecular flexibility index (Phi) is 10.2. The molecule has 0 unspecified atom stereocenters. The third-order valence-electron chi connectivity index (χ3n) is 6.42. The molecule has 1 amide bonds. The Hall–Kier alpha value is -4.33. The number of carbonyl (C=O) groups excluding carboxylic acids is 2. The number of hydrogen-bond acceptors (Lipinski definition) is 8. The topological polar surface area (TPSA) is 121 Å². The maximum atomic E-state index is 13.2. The zero-order valence-electron chi connectivity index (χ0n) is 22.8. The predicted octanol–water partition coefficient (Wildman–Crippen LogP) is 5.08. The first-order valence-corrected chi connectivity index (χ1v) is 13.6. The molecule has 2 aromatic carbocycles. The van der Waals surface area contributed by atoms with Crippen LogP contribution in [0.15, 0.2) is 77.5 Å². The second kappa shape index (κ2) is 14.2. The molecule has 2 aliphatic carbocycles. The van der Waals surface area contributed by atoms with E-state index in [1.165, 1.54) is 0 Å². The first-order valence-electron chi connectivity index (χ1n) is 13.6. The number of nitrogens with one attached hydrogen (secondary N) is 1. The van der Waals surface area contributed by atoms with E-state index >= 15 is 0 Å². The van der Waals surface area contributed by atoms with E-state index in [0.29, 0.717) is 41.6 Å². The van der Waals surface area contributed by atoms with E-state index in [4.69, 9.17) is 24.8 Å². The van der Waals surface area contributed by atoms with E-state index < -0.39 is 5.97 Å². The smallest absolute Gasteiger partial charge is 0.338 e. The lowest BCUT2D eigenvalue weighted by atomic mass is 9.91. The van der Waals surface area contributed by atoms with Gasteiger partial charge in [-0.05, 0) is 105 Å². The standard InChI is InChI=1S/C31H35N3O6/c1-3-37-31(36)22-7-15-27(16-8-22)40-29-18-23(30(35)34-25-11-9-24(32)10-12-25)17-28(19-29)39-26-13-5-21(6-14-26)20-33-38-4-2/h5-8,13-19,24-26H,3-4,9-12,32H2,1-2H3,(H,34,35). The van der Waals surface area contributed by atoms with Gasteiger partial charge < -0.3 is 30.1 Å². The van der Waals surface area contributed by atoms with Crippen LogP contribution in [0.3, 0.4) is 0 Å². The minimum Gasteiger partial charge on any atom is -0.482 e. The van der Waals surface area contributed by atoms with Gasteiger partial charge in [0.1, 0.15) is 30.0 Å². The Morgan fingerprint density at radius 3 is 2.30 bits per heavy atom. The lowest BCUT2D eigenvalue weighted by Crippen LogP contribution is -2.40. The monoisotopic (exact) mass is 545 g/mol. The van der Waals surface area contributed by atoms with E-state index in [1.807, 2.05) is 31.2 Å². The number of amides is 1. The van der Waals surface area contributed by atoms with Gasteiger partial charge in [0.25, 0.3) is 5.91 Å². The number of allylic oxidation sites excluding steroid dienone is 3. The summed E-state index contributed by atoms with van der Waals surface area (Å²) in [6.45, 7) is 4.37. The largest absolute Gasteiger partial charge is 0.482 e. The molecule has 1 saturated carbocycles. The molecule has 0 saturated heterocycles. The number of rotatable bonds is 10. The molecule has 0 atom stereocenters. The average molecular weight is 546 g/mol. The molecule has 0 spiro atoms. The summed E-state index contributed by atoms with van der Waals surface area (Å²) in [5.41, 5.74) is 7.62. The molecule has 2 aromatic rings. The molecule has 0 heterocycles. The Bertz CT molecular complexity index is 1290. The van der Waals surface area contributed by atoms with Crippen molar-refractivity contribution >= 4 is 17.7 Å². The summed E-state index contributed by atoms with van der Waals surface area (Å²) in [6.07, 6.45) is 10.5. The van der Waals surface area contributed by atoms with Crippen LogP contribution >= 0.6 is 0 Å². The van der Waals surface area contributed by atoms with Crippen LogP contribution in [-0.2, 0) is 9.57 Å². The van der Waals surface area contributed by atoms with Gasteiger partial charge in [0, 0.05) is 35.2 Å². The predicted molar refractivity (Wildman–Crippen MR) is 152 cm³/mol. The lowest BCUT2D eigenvalue weighted by Gasteiger charge is -2.27. The number of carbonyl (C=O) groups is 2. The van der Waals surface area contributed by atoms with Crippen LogP contribution in [0.25, 0.3) is 0 Å². The van der Waals surface area contributed by atoms with Crippen molar-refractivity contribution in [3.8, 4) is 17.2 Å². The summed E-state index contributed by atoms with van der Waals surface area (Å²) >= 11 is 0. The number of nitrogens with zero attached hydrogens (tertiary/aromatic N) is 1. The Morgan fingerprint density at radius 1 is 0.925 bits per heavy atom. The van der Waals surface area contributed by atoms with Crippen molar-refractivity contribution in [1.29, 1.82) is 0 Å². The van der Waals surface area contributed by atoms with Gasteiger partial charge >= 0.3 is 5.97 Å². The summed E-state index contributed by atoms with van der Waals surface area (Å²) in [7, 11) is 0. The molecule has 0 radical (unpaired) electrons. The van der Waals surface area contributed by atoms with Gasteiger partial charge in [-0.25, -0.2) is 4.79 Å². The van der Waals surface area contributed by atoms with E-state index in [2.05, 4.69) is 16.3 Å². The second-order valence-electron chi connectivity index (χ2n) is 9.50. The minimum absolute atomic E-state index is 0.0736. The number of nitrogens with two attached hydrogens (primary N) is 1. The molecule has 4 rings (SSSR count). The van der Waals surface area contributed by atoms with E-state index in [0.717, 1.165) is 31.3 Å². The molecule has 0 aromatic heterocycles. The third-order valence-corrected chi connectivity index (χ3v) is 6.42. The molecule has 210 valence electrons. The highest BCUT2D eigenvalue weighted by Gasteiger charge is 2.22. The molecule has 9 heteroatoms. The van der Waals surface area contributed by atoms with Crippen LogP contribution in [0, 0.1) is 0 Å². The van der Waals surface area contributed by atoms with Gasteiger partial charge in [-0.1, -0.05) is 0 Å². The fourth-order valence-electron chi connectivity index (χ4n) is 4.35. The van der Waals surface area contributed by atoms with Crippen molar-refractivity contribution < 1.29 is 28.6 Å².